The Morgan fingerprint density at radius 3 is 3.20 bits per heavy atom. The van der Waals surface area contributed by atoms with Gasteiger partial charge in [0.15, 0.2) is 0 Å². The lowest BCUT2D eigenvalue weighted by Crippen LogP contribution is -2.06. The summed E-state index contributed by atoms with van der Waals surface area (Å²) in [5, 5.41) is 8.24. The molecule has 0 bridgehead atoms. The fourth-order valence-electron chi connectivity index (χ4n) is 2.15. The topological polar surface area (TPSA) is 41.0 Å². The third kappa shape index (κ3) is 1.54. The summed E-state index contributed by atoms with van der Waals surface area (Å²) in [6.45, 7) is 0.964. The third-order valence-electron chi connectivity index (χ3n) is 3.06. The molecule has 3 heteroatoms. The van der Waals surface area contributed by atoms with Gasteiger partial charge in [0.25, 0.3) is 0 Å². The molecular formula is C12H13N3. The Balaban J connectivity index is 1.99. The van der Waals surface area contributed by atoms with E-state index in [1.165, 1.54) is 10.9 Å². The Morgan fingerprint density at radius 2 is 2.33 bits per heavy atom. The van der Waals surface area contributed by atoms with Crippen molar-refractivity contribution in [2.24, 2.45) is 4.99 Å². The average Bonchev–Trinajstić information content (AvgIpc) is 2.77. The monoisotopic (exact) mass is 199 g/mol. The molecule has 1 aliphatic heterocycles. The van der Waals surface area contributed by atoms with Crippen molar-refractivity contribution in [3.63, 3.8) is 0 Å². The molecule has 2 heterocycles. The van der Waals surface area contributed by atoms with Crippen molar-refractivity contribution in [3.05, 3.63) is 30.0 Å². The molecule has 1 aromatic heterocycles. The van der Waals surface area contributed by atoms with Gasteiger partial charge < -0.3 is 0 Å². The molecular weight excluding hydrogens is 186 g/mol. The van der Waals surface area contributed by atoms with Crippen molar-refractivity contribution in [1.29, 1.82) is 0 Å². The molecule has 76 valence electrons. The third-order valence-corrected chi connectivity index (χ3v) is 3.06. The minimum atomic E-state index is 0.634. The number of fused-ring (bicyclic) bond motifs is 1. The summed E-state index contributed by atoms with van der Waals surface area (Å²) in [5.41, 5.74) is 2.54. The van der Waals surface area contributed by atoms with Gasteiger partial charge in [-0.1, -0.05) is 12.1 Å². The molecule has 0 saturated carbocycles. The molecule has 15 heavy (non-hydrogen) atoms. The van der Waals surface area contributed by atoms with Crippen molar-refractivity contribution < 1.29 is 0 Å². The summed E-state index contributed by atoms with van der Waals surface area (Å²) in [7, 11) is 0. The number of rotatable bonds is 1. The lowest BCUT2D eigenvalue weighted by atomic mass is 9.91. The first-order chi connectivity index (χ1) is 7.43. The zero-order valence-electron chi connectivity index (χ0n) is 8.48. The normalized spacial score (nSPS) is 20.9. The Bertz CT molecular complexity index is 498. The Hall–Kier alpha value is -1.64. The predicted octanol–water partition coefficient (Wildman–Crippen LogP) is 2.51. The average molecular weight is 199 g/mol. The molecule has 1 aromatic carbocycles. The van der Waals surface area contributed by atoms with Gasteiger partial charge in [-0.15, -0.1) is 0 Å². The molecule has 2 aromatic rings. The second-order valence-electron chi connectivity index (χ2n) is 4.03. The lowest BCUT2D eigenvalue weighted by Gasteiger charge is -2.17. The van der Waals surface area contributed by atoms with Crippen molar-refractivity contribution in [1.82, 2.24) is 10.2 Å². The highest BCUT2D eigenvalue weighted by Gasteiger charge is 2.13. The van der Waals surface area contributed by atoms with Crippen LogP contribution in [-0.4, -0.2) is 23.0 Å². The zero-order valence-corrected chi connectivity index (χ0v) is 8.48. The molecule has 0 aliphatic carbocycles. The summed E-state index contributed by atoms with van der Waals surface area (Å²) < 4.78 is 0. The first-order valence-corrected chi connectivity index (χ1v) is 5.35. The summed E-state index contributed by atoms with van der Waals surface area (Å²) >= 11 is 0. The number of benzene rings is 1. The number of aromatic nitrogens is 2. The van der Waals surface area contributed by atoms with E-state index in [2.05, 4.69) is 33.4 Å². The Labute approximate surface area is 88.2 Å². The van der Waals surface area contributed by atoms with Crippen LogP contribution in [0.15, 0.2) is 29.4 Å². The highest BCUT2D eigenvalue weighted by molar-refractivity contribution is 5.78. The van der Waals surface area contributed by atoms with Gasteiger partial charge in [-0.3, -0.25) is 10.1 Å². The number of nitrogens with one attached hydrogen (secondary N) is 1. The minimum Gasteiger partial charge on any atom is -0.297 e. The molecule has 0 saturated heterocycles. The predicted molar refractivity (Wildman–Crippen MR) is 61.4 cm³/mol. The standard InChI is InChI=1S/C12H13N3/c1-2-11-8-14-15-12(11)7-10(1)9-3-5-13-6-4-9/h1-2,5,7-9H,3-4,6H2,(H,14,15). The fraction of sp³-hybridized carbons (Fsp3) is 0.333. The molecule has 0 spiro atoms. The first kappa shape index (κ1) is 8.65. The second kappa shape index (κ2) is 3.50. The van der Waals surface area contributed by atoms with Gasteiger partial charge in [0.2, 0.25) is 0 Å². The van der Waals surface area contributed by atoms with Gasteiger partial charge in [-0.2, -0.15) is 5.10 Å². The lowest BCUT2D eigenvalue weighted by molar-refractivity contribution is 0.638. The zero-order chi connectivity index (χ0) is 10.1. The smallest absolute Gasteiger partial charge is 0.0653 e. The quantitative estimate of drug-likeness (QED) is 0.753. The van der Waals surface area contributed by atoms with E-state index in [9.17, 15) is 0 Å². The van der Waals surface area contributed by atoms with Gasteiger partial charge in [-0.25, -0.2) is 0 Å². The summed E-state index contributed by atoms with van der Waals surface area (Å²) in [6.07, 6.45) is 6.14. The van der Waals surface area contributed by atoms with E-state index >= 15 is 0 Å². The van der Waals surface area contributed by atoms with Crippen LogP contribution < -0.4 is 0 Å². The first-order valence-electron chi connectivity index (χ1n) is 5.35. The summed E-state index contributed by atoms with van der Waals surface area (Å²) in [4.78, 5) is 4.26. The number of hydrogen-bond donors (Lipinski definition) is 1. The second-order valence-corrected chi connectivity index (χ2v) is 4.03. The van der Waals surface area contributed by atoms with Crippen LogP contribution in [0.3, 0.4) is 0 Å². The van der Waals surface area contributed by atoms with Gasteiger partial charge in [-0.05, 0) is 36.6 Å². The largest absolute Gasteiger partial charge is 0.297 e. The minimum absolute atomic E-state index is 0.634. The van der Waals surface area contributed by atoms with E-state index < -0.39 is 0 Å². The van der Waals surface area contributed by atoms with Crippen LogP contribution in [0.2, 0.25) is 0 Å². The van der Waals surface area contributed by atoms with Crippen LogP contribution in [-0.2, 0) is 0 Å². The number of aliphatic imine (C=N–C) groups is 1. The number of H-pyrrole nitrogens is 1. The van der Waals surface area contributed by atoms with Gasteiger partial charge in [0.1, 0.15) is 0 Å². The van der Waals surface area contributed by atoms with Crippen LogP contribution in [0, 0.1) is 0 Å². The van der Waals surface area contributed by atoms with Crippen molar-refractivity contribution >= 4 is 17.1 Å². The molecule has 0 amide bonds. The van der Waals surface area contributed by atoms with E-state index in [1.54, 1.807) is 0 Å². The number of hydrogen-bond acceptors (Lipinski definition) is 2. The van der Waals surface area contributed by atoms with Gasteiger partial charge >= 0.3 is 0 Å². The highest BCUT2D eigenvalue weighted by atomic mass is 15.1. The Kier molecular flexibility index (Phi) is 2.02. The fourth-order valence-corrected chi connectivity index (χ4v) is 2.15. The maximum absolute atomic E-state index is 4.26. The van der Waals surface area contributed by atoms with Crippen LogP contribution in [0.4, 0.5) is 0 Å². The maximum Gasteiger partial charge on any atom is 0.0653 e. The number of aromatic amines is 1. The van der Waals surface area contributed by atoms with Gasteiger partial charge in [0.05, 0.1) is 11.7 Å². The van der Waals surface area contributed by atoms with E-state index in [0.717, 1.165) is 24.9 Å². The molecule has 0 fully saturated rings. The Morgan fingerprint density at radius 1 is 1.33 bits per heavy atom. The molecule has 1 N–H and O–H groups in total. The molecule has 3 rings (SSSR count). The SMILES string of the molecule is C1=NCCC(c2ccc3cn[nH]c3c2)C1. The van der Waals surface area contributed by atoms with Crippen LogP contribution >= 0.6 is 0 Å². The molecule has 1 atom stereocenters. The summed E-state index contributed by atoms with van der Waals surface area (Å²) in [5.74, 6) is 0.634. The van der Waals surface area contributed by atoms with Crippen LogP contribution in [0.5, 0.6) is 0 Å². The van der Waals surface area contributed by atoms with Crippen molar-refractivity contribution in [3.8, 4) is 0 Å². The van der Waals surface area contributed by atoms with E-state index in [-0.39, 0.29) is 0 Å². The maximum atomic E-state index is 4.26. The highest BCUT2D eigenvalue weighted by Crippen LogP contribution is 2.27. The van der Waals surface area contributed by atoms with E-state index in [1.807, 2.05) is 12.4 Å². The number of nitrogens with zero attached hydrogens (tertiary/aromatic N) is 2. The molecule has 1 unspecified atom stereocenters. The van der Waals surface area contributed by atoms with Gasteiger partial charge in [0, 0.05) is 11.9 Å². The summed E-state index contributed by atoms with van der Waals surface area (Å²) in [6, 6.07) is 6.56. The van der Waals surface area contributed by atoms with Crippen LogP contribution in [0.25, 0.3) is 10.9 Å². The van der Waals surface area contributed by atoms with Crippen molar-refractivity contribution in [2.75, 3.05) is 6.54 Å². The van der Waals surface area contributed by atoms with E-state index in [0.29, 0.717) is 5.92 Å². The molecule has 0 radical (unpaired) electrons. The molecule has 3 nitrogen and oxygen atoms in total. The van der Waals surface area contributed by atoms with Crippen molar-refractivity contribution in [2.45, 2.75) is 18.8 Å². The van der Waals surface area contributed by atoms with Crippen LogP contribution in [0.1, 0.15) is 24.3 Å². The molecule has 1 aliphatic rings. The van der Waals surface area contributed by atoms with E-state index in [4.69, 9.17) is 0 Å².